The Balaban J connectivity index is 1.86. The highest BCUT2D eigenvalue weighted by Gasteiger charge is 2.17. The summed E-state index contributed by atoms with van der Waals surface area (Å²) in [6.07, 6.45) is 1.91. The van der Waals surface area contributed by atoms with Gasteiger partial charge in [0.05, 0.1) is 6.10 Å². The molecule has 0 aliphatic carbocycles. The average molecular weight is 267 g/mol. The second kappa shape index (κ2) is 5.68. The molecule has 0 saturated heterocycles. The van der Waals surface area contributed by atoms with Gasteiger partial charge in [0.25, 0.3) is 0 Å². The van der Waals surface area contributed by atoms with Crippen LogP contribution in [0, 0.1) is 0 Å². The van der Waals surface area contributed by atoms with Crippen LogP contribution in [0.25, 0.3) is 0 Å². The number of hydrogen-bond acceptors (Lipinski definition) is 2. The molecule has 2 aromatic rings. The fourth-order valence-corrected chi connectivity index (χ4v) is 2.92. The number of rotatable bonds is 3. The van der Waals surface area contributed by atoms with Crippen LogP contribution in [0.15, 0.2) is 48.5 Å². The van der Waals surface area contributed by atoms with Crippen LogP contribution in [0.3, 0.4) is 0 Å². The first-order valence-electron chi connectivity index (χ1n) is 7.34. The Bertz CT molecular complexity index is 577. The lowest BCUT2D eigenvalue weighted by molar-refractivity contribution is 0.199. The fourth-order valence-electron chi connectivity index (χ4n) is 2.92. The van der Waals surface area contributed by atoms with E-state index in [1.807, 2.05) is 13.0 Å². The van der Waals surface area contributed by atoms with Crippen LogP contribution in [0.1, 0.15) is 36.1 Å². The molecular weight excluding hydrogens is 246 g/mol. The van der Waals surface area contributed by atoms with Crippen molar-refractivity contribution in [1.82, 2.24) is 0 Å². The van der Waals surface area contributed by atoms with E-state index in [-0.39, 0.29) is 6.10 Å². The van der Waals surface area contributed by atoms with Gasteiger partial charge >= 0.3 is 0 Å². The Morgan fingerprint density at radius 3 is 2.70 bits per heavy atom. The largest absolute Gasteiger partial charge is 0.389 e. The van der Waals surface area contributed by atoms with Crippen LogP contribution < -0.4 is 4.90 Å². The Morgan fingerprint density at radius 2 is 1.95 bits per heavy atom. The van der Waals surface area contributed by atoms with Crippen molar-refractivity contribution in [3.63, 3.8) is 0 Å². The smallest absolute Gasteiger partial charge is 0.0762 e. The zero-order valence-corrected chi connectivity index (χ0v) is 11.9. The zero-order chi connectivity index (χ0) is 13.9. The number of aliphatic hydroxyl groups excluding tert-OH is 1. The Hall–Kier alpha value is -1.80. The van der Waals surface area contributed by atoms with Crippen molar-refractivity contribution in [3.8, 4) is 0 Å². The van der Waals surface area contributed by atoms with Crippen LogP contribution in [-0.2, 0) is 13.0 Å². The first-order chi connectivity index (χ1) is 9.74. The van der Waals surface area contributed by atoms with Gasteiger partial charge in [-0.2, -0.15) is 0 Å². The molecule has 3 rings (SSSR count). The molecule has 0 amide bonds. The molecule has 20 heavy (non-hydrogen) atoms. The SMILES string of the molecule is CC(O)c1ccc2c(c1)CCCN2Cc1ccccc1. The van der Waals surface area contributed by atoms with Crippen LogP contribution in [0.5, 0.6) is 0 Å². The fraction of sp³-hybridized carbons (Fsp3) is 0.333. The monoisotopic (exact) mass is 267 g/mol. The number of benzene rings is 2. The van der Waals surface area contributed by atoms with Gasteiger partial charge in [-0.1, -0.05) is 42.5 Å². The van der Waals surface area contributed by atoms with Gasteiger partial charge < -0.3 is 10.0 Å². The summed E-state index contributed by atoms with van der Waals surface area (Å²) < 4.78 is 0. The Labute approximate surface area is 120 Å². The summed E-state index contributed by atoms with van der Waals surface area (Å²) in [7, 11) is 0. The molecule has 2 aromatic carbocycles. The summed E-state index contributed by atoms with van der Waals surface area (Å²) in [5.41, 5.74) is 5.06. The molecule has 1 unspecified atom stereocenters. The van der Waals surface area contributed by atoms with Crippen molar-refractivity contribution >= 4 is 5.69 Å². The van der Waals surface area contributed by atoms with Crippen LogP contribution >= 0.6 is 0 Å². The normalized spacial score (nSPS) is 15.8. The number of aryl methyl sites for hydroxylation is 1. The summed E-state index contributed by atoms with van der Waals surface area (Å²) in [6, 6.07) is 17.0. The van der Waals surface area contributed by atoms with Crippen molar-refractivity contribution in [2.45, 2.75) is 32.4 Å². The third-order valence-electron chi connectivity index (χ3n) is 4.02. The summed E-state index contributed by atoms with van der Waals surface area (Å²) >= 11 is 0. The summed E-state index contributed by atoms with van der Waals surface area (Å²) in [5.74, 6) is 0. The molecule has 1 atom stereocenters. The van der Waals surface area contributed by atoms with Crippen molar-refractivity contribution < 1.29 is 5.11 Å². The molecule has 1 aliphatic rings. The molecule has 0 fully saturated rings. The lowest BCUT2D eigenvalue weighted by atomic mass is 9.97. The maximum Gasteiger partial charge on any atom is 0.0762 e. The van der Waals surface area contributed by atoms with Gasteiger partial charge in [0.1, 0.15) is 0 Å². The Morgan fingerprint density at radius 1 is 1.15 bits per heavy atom. The third-order valence-corrected chi connectivity index (χ3v) is 4.02. The molecule has 1 heterocycles. The number of aliphatic hydroxyl groups is 1. The van der Waals surface area contributed by atoms with Crippen molar-refractivity contribution in [3.05, 3.63) is 65.2 Å². The van der Waals surface area contributed by atoms with Gasteiger partial charge in [0.2, 0.25) is 0 Å². The maximum atomic E-state index is 9.71. The van der Waals surface area contributed by atoms with Gasteiger partial charge in [-0.05, 0) is 42.5 Å². The first-order valence-corrected chi connectivity index (χ1v) is 7.34. The van der Waals surface area contributed by atoms with Crippen molar-refractivity contribution in [1.29, 1.82) is 0 Å². The topological polar surface area (TPSA) is 23.5 Å². The molecule has 0 saturated carbocycles. The van der Waals surface area contributed by atoms with E-state index in [9.17, 15) is 5.11 Å². The van der Waals surface area contributed by atoms with Crippen LogP contribution in [-0.4, -0.2) is 11.7 Å². The Kier molecular flexibility index (Phi) is 3.75. The van der Waals surface area contributed by atoms with E-state index in [2.05, 4.69) is 47.4 Å². The van der Waals surface area contributed by atoms with Gasteiger partial charge in [-0.25, -0.2) is 0 Å². The highest BCUT2D eigenvalue weighted by atomic mass is 16.3. The summed E-state index contributed by atoms with van der Waals surface area (Å²) in [5, 5.41) is 9.71. The molecule has 0 spiro atoms. The molecule has 2 heteroatoms. The summed E-state index contributed by atoms with van der Waals surface area (Å²) in [6.45, 7) is 3.89. The van der Waals surface area contributed by atoms with Gasteiger partial charge in [-0.15, -0.1) is 0 Å². The molecule has 0 aromatic heterocycles. The maximum absolute atomic E-state index is 9.71. The van der Waals surface area contributed by atoms with Crippen molar-refractivity contribution in [2.24, 2.45) is 0 Å². The molecule has 1 N–H and O–H groups in total. The van der Waals surface area contributed by atoms with Crippen molar-refractivity contribution in [2.75, 3.05) is 11.4 Å². The molecule has 0 radical (unpaired) electrons. The molecule has 0 bridgehead atoms. The minimum Gasteiger partial charge on any atom is -0.389 e. The van der Waals surface area contributed by atoms with E-state index in [1.165, 1.54) is 23.2 Å². The molecule has 2 nitrogen and oxygen atoms in total. The lowest BCUT2D eigenvalue weighted by Gasteiger charge is -2.32. The second-order valence-corrected chi connectivity index (χ2v) is 5.57. The third kappa shape index (κ3) is 2.70. The van der Waals surface area contributed by atoms with Gasteiger partial charge in [0, 0.05) is 18.8 Å². The van der Waals surface area contributed by atoms with E-state index in [0.29, 0.717) is 0 Å². The predicted molar refractivity (Wildman–Crippen MR) is 82.9 cm³/mol. The minimum atomic E-state index is -0.384. The van der Waals surface area contributed by atoms with Gasteiger partial charge in [0.15, 0.2) is 0 Å². The number of hydrogen-bond donors (Lipinski definition) is 1. The van der Waals surface area contributed by atoms with E-state index in [1.54, 1.807) is 0 Å². The van der Waals surface area contributed by atoms with Crippen LogP contribution in [0.2, 0.25) is 0 Å². The minimum absolute atomic E-state index is 0.384. The quantitative estimate of drug-likeness (QED) is 0.916. The zero-order valence-electron chi connectivity index (χ0n) is 11.9. The number of nitrogens with zero attached hydrogens (tertiary/aromatic N) is 1. The predicted octanol–water partition coefficient (Wildman–Crippen LogP) is 3.69. The highest BCUT2D eigenvalue weighted by molar-refractivity contribution is 5.57. The molecular formula is C18H21NO. The first kappa shape index (κ1) is 13.2. The van der Waals surface area contributed by atoms with E-state index in [0.717, 1.165) is 25.1 Å². The van der Waals surface area contributed by atoms with Gasteiger partial charge in [-0.3, -0.25) is 0 Å². The average Bonchev–Trinajstić information content (AvgIpc) is 2.48. The standard InChI is InChI=1S/C18H21NO/c1-14(20)16-9-10-18-17(12-16)8-5-11-19(18)13-15-6-3-2-4-7-15/h2-4,6-7,9-10,12,14,20H,5,8,11,13H2,1H3. The van der Waals surface area contributed by atoms with E-state index in [4.69, 9.17) is 0 Å². The number of anilines is 1. The second-order valence-electron chi connectivity index (χ2n) is 5.57. The highest BCUT2D eigenvalue weighted by Crippen LogP contribution is 2.30. The molecule has 1 aliphatic heterocycles. The van der Waals surface area contributed by atoms with E-state index >= 15 is 0 Å². The number of fused-ring (bicyclic) bond motifs is 1. The van der Waals surface area contributed by atoms with E-state index < -0.39 is 0 Å². The lowest BCUT2D eigenvalue weighted by Crippen LogP contribution is -2.28. The molecule has 104 valence electrons. The summed E-state index contributed by atoms with van der Waals surface area (Å²) in [4.78, 5) is 2.44. The van der Waals surface area contributed by atoms with Crippen LogP contribution in [0.4, 0.5) is 5.69 Å².